The largest absolute Gasteiger partial charge is 0.493 e. The van der Waals surface area contributed by atoms with E-state index in [2.05, 4.69) is 10.4 Å². The number of nitrogens with zero attached hydrogens (tertiary/aromatic N) is 2. The number of methoxy groups -OCH3 is 3. The molecule has 1 aromatic heterocycles. The Morgan fingerprint density at radius 3 is 2.42 bits per heavy atom. The van der Waals surface area contributed by atoms with Crippen molar-refractivity contribution in [2.45, 2.75) is 12.8 Å². The summed E-state index contributed by atoms with van der Waals surface area (Å²) in [6.45, 7) is 0. The molecule has 136 valence electrons. The molecule has 2 aromatic carbocycles. The average Bonchev–Trinajstić information content (AvgIpc) is 3.08. The van der Waals surface area contributed by atoms with Gasteiger partial charge in [-0.05, 0) is 36.2 Å². The second kappa shape index (κ2) is 7.77. The number of nitrogens with one attached hydrogen (secondary N) is 1. The van der Waals surface area contributed by atoms with Gasteiger partial charge in [-0.3, -0.25) is 10.2 Å². The van der Waals surface area contributed by atoms with Crippen LogP contribution in [0.4, 0.5) is 0 Å². The van der Waals surface area contributed by atoms with Crippen molar-refractivity contribution in [3.05, 3.63) is 48.3 Å². The second-order valence-corrected chi connectivity index (χ2v) is 5.67. The first-order valence-electron chi connectivity index (χ1n) is 8.17. The summed E-state index contributed by atoms with van der Waals surface area (Å²) in [5.74, 6) is 1.57. The lowest BCUT2D eigenvalue weighted by atomic mass is 10.1. The van der Waals surface area contributed by atoms with Gasteiger partial charge in [-0.25, -0.2) is 9.66 Å². The van der Waals surface area contributed by atoms with Crippen LogP contribution >= 0.6 is 0 Å². The number of ether oxygens (including phenoxy) is 3. The Kier molecular flexibility index (Phi) is 5.26. The Balaban J connectivity index is 1.69. The fourth-order valence-corrected chi connectivity index (χ4v) is 2.78. The van der Waals surface area contributed by atoms with E-state index in [1.807, 2.05) is 36.4 Å². The predicted molar refractivity (Wildman–Crippen MR) is 98.5 cm³/mol. The zero-order chi connectivity index (χ0) is 18.5. The van der Waals surface area contributed by atoms with Crippen molar-refractivity contribution in [3.63, 3.8) is 0 Å². The summed E-state index contributed by atoms with van der Waals surface area (Å²) in [7, 11) is 4.69. The van der Waals surface area contributed by atoms with Crippen LogP contribution in [0.25, 0.3) is 11.0 Å². The molecule has 26 heavy (non-hydrogen) atoms. The second-order valence-electron chi connectivity index (χ2n) is 5.67. The van der Waals surface area contributed by atoms with Gasteiger partial charge in [-0.2, -0.15) is 0 Å². The monoisotopic (exact) mass is 355 g/mol. The summed E-state index contributed by atoms with van der Waals surface area (Å²) in [6, 6.07) is 11.3. The van der Waals surface area contributed by atoms with Crippen molar-refractivity contribution < 1.29 is 19.0 Å². The van der Waals surface area contributed by atoms with Gasteiger partial charge in [0.1, 0.15) is 6.33 Å². The van der Waals surface area contributed by atoms with Crippen LogP contribution in [0.5, 0.6) is 17.2 Å². The van der Waals surface area contributed by atoms with Gasteiger partial charge in [0.05, 0.1) is 32.4 Å². The van der Waals surface area contributed by atoms with Crippen molar-refractivity contribution in [3.8, 4) is 17.2 Å². The van der Waals surface area contributed by atoms with E-state index in [4.69, 9.17) is 14.2 Å². The maximum Gasteiger partial charge on any atom is 0.239 e. The van der Waals surface area contributed by atoms with Crippen LogP contribution in [0.15, 0.2) is 42.7 Å². The van der Waals surface area contributed by atoms with Crippen molar-refractivity contribution in [1.29, 1.82) is 0 Å². The summed E-state index contributed by atoms with van der Waals surface area (Å²) >= 11 is 0. The number of carbonyl (C=O) groups is 1. The first-order chi connectivity index (χ1) is 12.7. The summed E-state index contributed by atoms with van der Waals surface area (Å²) in [6.07, 6.45) is 2.45. The van der Waals surface area contributed by atoms with Crippen molar-refractivity contribution >= 4 is 16.9 Å². The Labute approximate surface area is 151 Å². The Morgan fingerprint density at radius 2 is 1.77 bits per heavy atom. The van der Waals surface area contributed by atoms with Gasteiger partial charge in [0.25, 0.3) is 0 Å². The highest BCUT2D eigenvalue weighted by molar-refractivity contribution is 5.86. The topological polar surface area (TPSA) is 74.6 Å². The highest BCUT2D eigenvalue weighted by Crippen LogP contribution is 2.38. The average molecular weight is 355 g/mol. The quantitative estimate of drug-likeness (QED) is 0.705. The minimum atomic E-state index is -0.109. The van der Waals surface area contributed by atoms with Crippen molar-refractivity contribution in [2.24, 2.45) is 0 Å². The van der Waals surface area contributed by atoms with Gasteiger partial charge in [0, 0.05) is 6.42 Å². The maximum absolute atomic E-state index is 12.3. The first-order valence-corrected chi connectivity index (χ1v) is 8.17. The van der Waals surface area contributed by atoms with Gasteiger partial charge >= 0.3 is 0 Å². The highest BCUT2D eigenvalue weighted by atomic mass is 16.5. The zero-order valence-electron chi connectivity index (χ0n) is 15.0. The number of benzene rings is 2. The molecular weight excluding hydrogens is 334 g/mol. The summed E-state index contributed by atoms with van der Waals surface area (Å²) in [5, 5.41) is 0. The van der Waals surface area contributed by atoms with E-state index in [0.717, 1.165) is 16.6 Å². The molecule has 3 rings (SSSR count). The molecule has 0 fully saturated rings. The number of aromatic nitrogens is 2. The Bertz CT molecular complexity index is 895. The molecule has 0 unspecified atom stereocenters. The zero-order valence-corrected chi connectivity index (χ0v) is 15.0. The molecule has 0 aliphatic heterocycles. The lowest BCUT2D eigenvalue weighted by Gasteiger charge is -2.14. The lowest BCUT2D eigenvalue weighted by molar-refractivity contribution is -0.117. The number of carbonyl (C=O) groups excluding carboxylic acids is 1. The van der Waals surface area contributed by atoms with Crippen LogP contribution in [0.1, 0.15) is 12.0 Å². The molecule has 0 aliphatic carbocycles. The fourth-order valence-electron chi connectivity index (χ4n) is 2.78. The van der Waals surface area contributed by atoms with Gasteiger partial charge in [0.2, 0.25) is 11.7 Å². The minimum absolute atomic E-state index is 0.109. The van der Waals surface area contributed by atoms with E-state index in [-0.39, 0.29) is 5.91 Å². The lowest BCUT2D eigenvalue weighted by Crippen LogP contribution is -2.22. The third-order valence-electron chi connectivity index (χ3n) is 4.06. The maximum atomic E-state index is 12.3. The number of hydrogen-bond donors (Lipinski definition) is 1. The van der Waals surface area contributed by atoms with Gasteiger partial charge in [-0.1, -0.05) is 12.1 Å². The van der Waals surface area contributed by atoms with E-state index in [1.54, 1.807) is 32.3 Å². The minimum Gasteiger partial charge on any atom is -0.493 e. The summed E-state index contributed by atoms with van der Waals surface area (Å²) in [5.41, 5.74) is 5.45. The smallest absolute Gasteiger partial charge is 0.239 e. The third-order valence-corrected chi connectivity index (χ3v) is 4.06. The number of rotatable bonds is 7. The van der Waals surface area contributed by atoms with Gasteiger partial charge in [-0.15, -0.1) is 0 Å². The molecule has 7 heteroatoms. The third kappa shape index (κ3) is 3.56. The molecule has 3 aromatic rings. The number of para-hydroxylation sites is 2. The Hall–Kier alpha value is -3.22. The van der Waals surface area contributed by atoms with Crippen LogP contribution in [-0.4, -0.2) is 36.9 Å². The molecule has 0 atom stereocenters. The molecule has 0 radical (unpaired) electrons. The van der Waals surface area contributed by atoms with Crippen LogP contribution in [-0.2, 0) is 11.2 Å². The molecular formula is C19H21N3O4. The number of hydrogen-bond acceptors (Lipinski definition) is 5. The van der Waals surface area contributed by atoms with Crippen LogP contribution < -0.4 is 19.6 Å². The summed E-state index contributed by atoms with van der Waals surface area (Å²) in [4.78, 5) is 16.6. The molecule has 0 bridgehead atoms. The first kappa shape index (κ1) is 17.6. The van der Waals surface area contributed by atoms with E-state index < -0.39 is 0 Å². The predicted octanol–water partition coefficient (Wildman–Crippen LogP) is 2.77. The number of amides is 1. The highest BCUT2D eigenvalue weighted by Gasteiger charge is 2.14. The number of imidazole rings is 1. The van der Waals surface area contributed by atoms with E-state index >= 15 is 0 Å². The molecule has 7 nitrogen and oxygen atoms in total. The van der Waals surface area contributed by atoms with Gasteiger partial charge < -0.3 is 14.2 Å². The standard InChI is InChI=1S/C19H21N3O4/c1-24-16-10-13(11-17(25-2)19(16)26-3)8-9-18(23)21-22-12-20-14-6-4-5-7-15(14)22/h4-7,10-12H,8-9H2,1-3H3,(H,21,23). The van der Waals surface area contributed by atoms with Crippen molar-refractivity contribution in [1.82, 2.24) is 9.66 Å². The number of fused-ring (bicyclic) bond motifs is 1. The van der Waals surface area contributed by atoms with E-state index in [0.29, 0.717) is 30.1 Å². The molecule has 0 spiro atoms. The van der Waals surface area contributed by atoms with Crippen molar-refractivity contribution in [2.75, 3.05) is 26.8 Å². The SMILES string of the molecule is COc1cc(CCC(=O)Nn2cnc3ccccc32)cc(OC)c1OC. The molecule has 1 heterocycles. The van der Waals surface area contributed by atoms with Crippen LogP contribution in [0, 0.1) is 0 Å². The molecule has 1 amide bonds. The van der Waals surface area contributed by atoms with E-state index in [1.165, 1.54) is 0 Å². The van der Waals surface area contributed by atoms with Gasteiger partial charge in [0.15, 0.2) is 11.5 Å². The molecule has 0 saturated heterocycles. The van der Waals surface area contributed by atoms with Crippen LogP contribution in [0.2, 0.25) is 0 Å². The normalized spacial score (nSPS) is 10.6. The molecule has 0 aliphatic rings. The molecule has 0 saturated carbocycles. The summed E-state index contributed by atoms with van der Waals surface area (Å²) < 4.78 is 17.6. The number of aryl methyl sites for hydroxylation is 1. The molecule has 1 N–H and O–H groups in total. The van der Waals surface area contributed by atoms with E-state index in [9.17, 15) is 4.79 Å². The fraction of sp³-hybridized carbons (Fsp3) is 0.263. The Morgan fingerprint density at radius 1 is 1.08 bits per heavy atom. The van der Waals surface area contributed by atoms with Crippen LogP contribution in [0.3, 0.4) is 0 Å².